The Bertz CT molecular complexity index is 1060. The Hall–Kier alpha value is -2.50. The SMILES string of the molecule is CC(C)c1cccc(C(=O)CNS(=O)(=O)c2ccc3ccccc3c2)c1. The molecule has 3 aromatic carbocycles. The van der Waals surface area contributed by atoms with E-state index in [0.29, 0.717) is 11.5 Å². The van der Waals surface area contributed by atoms with Crippen LogP contribution in [0.25, 0.3) is 10.8 Å². The number of rotatable bonds is 6. The van der Waals surface area contributed by atoms with Crippen molar-refractivity contribution >= 4 is 26.6 Å². The third-order valence-electron chi connectivity index (χ3n) is 4.33. The topological polar surface area (TPSA) is 63.2 Å². The third-order valence-corrected chi connectivity index (χ3v) is 5.73. The molecule has 0 spiro atoms. The average molecular weight is 367 g/mol. The minimum absolute atomic E-state index is 0.153. The van der Waals surface area contributed by atoms with Crippen LogP contribution < -0.4 is 4.72 Å². The van der Waals surface area contributed by atoms with Gasteiger partial charge in [0.2, 0.25) is 10.0 Å². The number of carbonyl (C=O) groups is 1. The van der Waals surface area contributed by atoms with E-state index in [0.717, 1.165) is 16.3 Å². The molecule has 0 aliphatic rings. The molecule has 3 rings (SSSR count). The first-order valence-corrected chi connectivity index (χ1v) is 9.97. The molecule has 4 nitrogen and oxygen atoms in total. The molecule has 0 saturated heterocycles. The predicted octanol–water partition coefficient (Wildman–Crippen LogP) is 4.12. The molecule has 0 aromatic heterocycles. The molecule has 3 aromatic rings. The Balaban J connectivity index is 1.76. The molecular formula is C21H21NO3S. The summed E-state index contributed by atoms with van der Waals surface area (Å²) in [6.07, 6.45) is 0. The second-order valence-electron chi connectivity index (χ2n) is 6.54. The van der Waals surface area contributed by atoms with Crippen LogP contribution in [0, 0.1) is 0 Å². The number of ketones is 1. The lowest BCUT2D eigenvalue weighted by Gasteiger charge is -2.09. The molecule has 0 aliphatic carbocycles. The standard InChI is InChI=1S/C21H21NO3S/c1-15(2)17-8-5-9-19(12-17)21(23)14-22-26(24,25)20-11-10-16-6-3-4-7-18(16)13-20/h3-13,15,22H,14H2,1-2H3. The highest BCUT2D eigenvalue weighted by Gasteiger charge is 2.17. The van der Waals surface area contributed by atoms with Crippen molar-refractivity contribution < 1.29 is 13.2 Å². The molecule has 0 atom stereocenters. The molecule has 134 valence electrons. The minimum atomic E-state index is -3.75. The predicted molar refractivity (Wildman–Crippen MR) is 104 cm³/mol. The van der Waals surface area contributed by atoms with Crippen LogP contribution in [0.3, 0.4) is 0 Å². The monoisotopic (exact) mass is 367 g/mol. The van der Waals surface area contributed by atoms with Gasteiger partial charge in [-0.1, -0.05) is 62.4 Å². The molecule has 26 heavy (non-hydrogen) atoms. The van der Waals surface area contributed by atoms with Gasteiger partial charge in [0.15, 0.2) is 5.78 Å². The van der Waals surface area contributed by atoms with Crippen molar-refractivity contribution in [2.45, 2.75) is 24.7 Å². The molecule has 0 amide bonds. The van der Waals surface area contributed by atoms with Gasteiger partial charge in [0, 0.05) is 5.56 Å². The molecule has 0 aliphatic heterocycles. The molecule has 0 heterocycles. The van der Waals surface area contributed by atoms with Crippen molar-refractivity contribution in [2.75, 3.05) is 6.54 Å². The summed E-state index contributed by atoms with van der Waals surface area (Å²) in [4.78, 5) is 12.5. The third kappa shape index (κ3) is 4.00. The zero-order chi connectivity index (χ0) is 18.7. The lowest BCUT2D eigenvalue weighted by Crippen LogP contribution is -2.29. The number of fused-ring (bicyclic) bond motifs is 1. The van der Waals surface area contributed by atoms with Gasteiger partial charge >= 0.3 is 0 Å². The minimum Gasteiger partial charge on any atom is -0.293 e. The van der Waals surface area contributed by atoms with Crippen LogP contribution in [-0.2, 0) is 10.0 Å². The molecule has 0 radical (unpaired) electrons. The zero-order valence-corrected chi connectivity index (χ0v) is 15.6. The molecular weight excluding hydrogens is 346 g/mol. The lowest BCUT2D eigenvalue weighted by molar-refractivity contribution is 0.0997. The summed E-state index contributed by atoms with van der Waals surface area (Å²) < 4.78 is 27.5. The summed E-state index contributed by atoms with van der Waals surface area (Å²) in [5.74, 6) is 0.0499. The quantitative estimate of drug-likeness (QED) is 0.667. The van der Waals surface area contributed by atoms with Crippen LogP contribution in [0.5, 0.6) is 0 Å². The van der Waals surface area contributed by atoms with E-state index in [2.05, 4.69) is 4.72 Å². The van der Waals surface area contributed by atoms with Crippen molar-refractivity contribution in [3.05, 3.63) is 77.9 Å². The first-order valence-electron chi connectivity index (χ1n) is 8.48. The smallest absolute Gasteiger partial charge is 0.241 e. The van der Waals surface area contributed by atoms with Crippen LogP contribution >= 0.6 is 0 Å². The van der Waals surface area contributed by atoms with E-state index in [9.17, 15) is 13.2 Å². The van der Waals surface area contributed by atoms with Gasteiger partial charge in [0.1, 0.15) is 0 Å². The lowest BCUT2D eigenvalue weighted by atomic mass is 9.99. The van der Waals surface area contributed by atoms with Gasteiger partial charge in [0.05, 0.1) is 11.4 Å². The van der Waals surface area contributed by atoms with Crippen molar-refractivity contribution in [3.8, 4) is 0 Å². The highest BCUT2D eigenvalue weighted by atomic mass is 32.2. The van der Waals surface area contributed by atoms with E-state index in [1.165, 1.54) is 0 Å². The number of benzene rings is 3. The highest BCUT2D eigenvalue weighted by molar-refractivity contribution is 7.89. The van der Waals surface area contributed by atoms with Crippen LogP contribution in [0.1, 0.15) is 35.7 Å². The van der Waals surface area contributed by atoms with Crippen molar-refractivity contribution in [2.24, 2.45) is 0 Å². The fourth-order valence-electron chi connectivity index (χ4n) is 2.75. The van der Waals surface area contributed by atoms with Gasteiger partial charge in [0.25, 0.3) is 0 Å². The maximum atomic E-state index is 12.5. The largest absolute Gasteiger partial charge is 0.293 e. The van der Waals surface area contributed by atoms with Gasteiger partial charge in [-0.05, 0) is 40.5 Å². The Morgan fingerprint density at radius 3 is 2.38 bits per heavy atom. The second kappa shape index (κ2) is 7.40. The van der Waals surface area contributed by atoms with E-state index in [-0.39, 0.29) is 17.2 Å². The van der Waals surface area contributed by atoms with Crippen LogP contribution in [0.2, 0.25) is 0 Å². The fraction of sp³-hybridized carbons (Fsp3) is 0.190. The van der Waals surface area contributed by atoms with E-state index < -0.39 is 10.0 Å². The maximum Gasteiger partial charge on any atom is 0.241 e. The average Bonchev–Trinajstić information content (AvgIpc) is 2.65. The summed E-state index contributed by atoms with van der Waals surface area (Å²) >= 11 is 0. The fourth-order valence-corrected chi connectivity index (χ4v) is 3.77. The Morgan fingerprint density at radius 1 is 0.923 bits per heavy atom. The van der Waals surface area contributed by atoms with Gasteiger partial charge in [-0.25, -0.2) is 13.1 Å². The van der Waals surface area contributed by atoms with Crippen molar-refractivity contribution in [3.63, 3.8) is 0 Å². The highest BCUT2D eigenvalue weighted by Crippen LogP contribution is 2.19. The molecule has 5 heteroatoms. The molecule has 0 saturated carbocycles. The number of hydrogen-bond donors (Lipinski definition) is 1. The van der Waals surface area contributed by atoms with E-state index in [4.69, 9.17) is 0 Å². The number of Topliss-reactive ketones (excluding diaryl/α,β-unsaturated/α-hetero) is 1. The van der Waals surface area contributed by atoms with Crippen molar-refractivity contribution in [1.82, 2.24) is 4.72 Å². The molecule has 1 N–H and O–H groups in total. The van der Waals surface area contributed by atoms with Gasteiger partial charge in [-0.15, -0.1) is 0 Å². The molecule has 0 fully saturated rings. The second-order valence-corrected chi connectivity index (χ2v) is 8.30. The van der Waals surface area contributed by atoms with E-state index >= 15 is 0 Å². The Labute approximate surface area is 153 Å². The van der Waals surface area contributed by atoms with Crippen molar-refractivity contribution in [1.29, 1.82) is 0 Å². The van der Waals surface area contributed by atoms with Crippen LogP contribution in [-0.4, -0.2) is 20.7 Å². The van der Waals surface area contributed by atoms with E-state index in [1.807, 2.05) is 56.3 Å². The Kier molecular flexibility index (Phi) is 5.20. The number of hydrogen-bond acceptors (Lipinski definition) is 3. The summed E-state index contributed by atoms with van der Waals surface area (Å²) in [6, 6.07) is 19.8. The number of nitrogens with one attached hydrogen (secondary N) is 1. The summed E-state index contributed by atoms with van der Waals surface area (Å²) in [6.45, 7) is 3.83. The van der Waals surface area contributed by atoms with Gasteiger partial charge in [-0.2, -0.15) is 0 Å². The number of carbonyl (C=O) groups excluding carboxylic acids is 1. The van der Waals surface area contributed by atoms with E-state index in [1.54, 1.807) is 24.3 Å². The normalized spacial score (nSPS) is 11.8. The zero-order valence-electron chi connectivity index (χ0n) is 14.8. The van der Waals surface area contributed by atoms with Gasteiger partial charge < -0.3 is 0 Å². The van der Waals surface area contributed by atoms with Crippen LogP contribution in [0.4, 0.5) is 0 Å². The number of sulfonamides is 1. The first kappa shape index (κ1) is 18.3. The summed E-state index contributed by atoms with van der Waals surface area (Å²) in [5.41, 5.74) is 1.56. The molecule has 0 bridgehead atoms. The maximum absolute atomic E-state index is 12.5. The van der Waals surface area contributed by atoms with Gasteiger partial charge in [-0.3, -0.25) is 4.79 Å². The molecule has 0 unspecified atom stereocenters. The summed E-state index contributed by atoms with van der Waals surface area (Å²) in [7, 11) is -3.75. The summed E-state index contributed by atoms with van der Waals surface area (Å²) in [5, 5.41) is 1.80. The Morgan fingerprint density at radius 2 is 1.65 bits per heavy atom. The first-order chi connectivity index (χ1) is 12.4. The van der Waals surface area contributed by atoms with Crippen LogP contribution in [0.15, 0.2) is 71.6 Å².